The van der Waals surface area contributed by atoms with E-state index in [0.29, 0.717) is 23.8 Å². The molecule has 0 unspecified atom stereocenters. The van der Waals surface area contributed by atoms with E-state index in [4.69, 9.17) is 4.52 Å². The second kappa shape index (κ2) is 6.39. The molecule has 0 atom stereocenters. The number of carbonyl (C=O) groups is 1. The Kier molecular flexibility index (Phi) is 4.14. The molecule has 3 rings (SSSR count). The summed E-state index contributed by atoms with van der Waals surface area (Å²) < 4.78 is 5.11. The quantitative estimate of drug-likeness (QED) is 0.741. The second-order valence-electron chi connectivity index (χ2n) is 5.25. The molecule has 0 spiro atoms. The third-order valence-electron chi connectivity index (χ3n) is 3.40. The molecule has 116 valence electrons. The minimum Gasteiger partial charge on any atom is -0.337 e. The van der Waals surface area contributed by atoms with E-state index in [-0.39, 0.29) is 5.91 Å². The van der Waals surface area contributed by atoms with Crippen molar-refractivity contribution >= 4 is 5.91 Å². The Bertz CT molecular complexity index is 797. The van der Waals surface area contributed by atoms with Crippen LogP contribution in [0.2, 0.25) is 0 Å². The van der Waals surface area contributed by atoms with Crippen molar-refractivity contribution in [1.82, 2.24) is 20.0 Å². The van der Waals surface area contributed by atoms with Gasteiger partial charge in [-0.15, -0.1) is 0 Å². The summed E-state index contributed by atoms with van der Waals surface area (Å²) in [6.45, 7) is 2.27. The van der Waals surface area contributed by atoms with Gasteiger partial charge >= 0.3 is 0 Å². The maximum atomic E-state index is 12.5. The van der Waals surface area contributed by atoms with E-state index in [1.165, 1.54) is 0 Å². The predicted octanol–water partition coefficient (Wildman–Crippen LogP) is 2.71. The molecule has 0 saturated heterocycles. The summed E-state index contributed by atoms with van der Waals surface area (Å²) in [5, 5.41) is 3.76. The minimum atomic E-state index is -0.0536. The van der Waals surface area contributed by atoms with Crippen LogP contribution in [0.25, 0.3) is 11.5 Å². The van der Waals surface area contributed by atoms with Crippen LogP contribution in [0, 0.1) is 6.92 Å². The number of carbonyl (C=O) groups excluding carboxylic acids is 1. The maximum absolute atomic E-state index is 12.5. The van der Waals surface area contributed by atoms with Crippen molar-refractivity contribution in [2.45, 2.75) is 13.5 Å². The van der Waals surface area contributed by atoms with Crippen LogP contribution in [-0.4, -0.2) is 33.0 Å². The number of rotatable bonds is 4. The third kappa shape index (κ3) is 3.42. The maximum Gasteiger partial charge on any atom is 0.257 e. The number of hydrogen-bond donors (Lipinski definition) is 0. The molecular formula is C17H16N4O2. The molecule has 0 aliphatic rings. The first kappa shape index (κ1) is 14.9. The van der Waals surface area contributed by atoms with Crippen LogP contribution in [-0.2, 0) is 6.54 Å². The first-order chi connectivity index (χ1) is 11.1. The molecule has 6 heteroatoms. The fourth-order valence-electron chi connectivity index (χ4n) is 2.23. The zero-order valence-corrected chi connectivity index (χ0v) is 12.9. The summed E-state index contributed by atoms with van der Waals surface area (Å²) in [5.41, 5.74) is 2.38. The lowest BCUT2D eigenvalue weighted by Gasteiger charge is -2.17. The Morgan fingerprint density at radius 1 is 1.22 bits per heavy atom. The van der Waals surface area contributed by atoms with Gasteiger partial charge in [-0.2, -0.15) is 4.98 Å². The molecule has 0 N–H and O–H groups in total. The molecule has 23 heavy (non-hydrogen) atoms. The van der Waals surface area contributed by atoms with Crippen LogP contribution in [0.15, 0.2) is 53.3 Å². The van der Waals surface area contributed by atoms with Crippen LogP contribution >= 0.6 is 0 Å². The van der Waals surface area contributed by atoms with Crippen LogP contribution in [0.5, 0.6) is 0 Å². The fraction of sp³-hybridized carbons (Fsp3) is 0.176. The number of aromatic nitrogens is 3. The topological polar surface area (TPSA) is 72.1 Å². The molecule has 3 aromatic rings. The highest BCUT2D eigenvalue weighted by Gasteiger charge is 2.13. The molecule has 2 aromatic heterocycles. The van der Waals surface area contributed by atoms with Gasteiger partial charge in [-0.1, -0.05) is 11.2 Å². The molecular weight excluding hydrogens is 292 g/mol. The van der Waals surface area contributed by atoms with E-state index in [1.54, 1.807) is 55.5 Å². The van der Waals surface area contributed by atoms with Crippen molar-refractivity contribution in [3.8, 4) is 11.5 Å². The summed E-state index contributed by atoms with van der Waals surface area (Å²) in [7, 11) is 1.77. The first-order valence-electron chi connectivity index (χ1n) is 7.18. The highest BCUT2D eigenvalue weighted by molar-refractivity contribution is 5.94. The average Bonchev–Trinajstić information content (AvgIpc) is 3.02. The van der Waals surface area contributed by atoms with Crippen molar-refractivity contribution in [3.05, 3.63) is 65.7 Å². The van der Waals surface area contributed by atoms with Crippen molar-refractivity contribution in [1.29, 1.82) is 0 Å². The van der Waals surface area contributed by atoms with Gasteiger partial charge < -0.3 is 9.42 Å². The van der Waals surface area contributed by atoms with E-state index in [1.807, 2.05) is 12.1 Å². The Hall–Kier alpha value is -3.02. The zero-order chi connectivity index (χ0) is 16.2. The number of nitrogens with zero attached hydrogens (tertiary/aromatic N) is 4. The summed E-state index contributed by atoms with van der Waals surface area (Å²) >= 11 is 0. The van der Waals surface area contributed by atoms with Gasteiger partial charge in [-0.3, -0.25) is 9.78 Å². The Morgan fingerprint density at radius 3 is 2.61 bits per heavy atom. The highest BCUT2D eigenvalue weighted by Crippen LogP contribution is 2.18. The van der Waals surface area contributed by atoms with Crippen molar-refractivity contribution in [2.24, 2.45) is 0 Å². The fourth-order valence-corrected chi connectivity index (χ4v) is 2.23. The standard InChI is InChI=1S/C17H16N4O2/c1-12-19-16(23-20-12)14-5-7-15(8-6-14)17(22)21(2)11-13-4-3-9-18-10-13/h3-10H,11H2,1-2H3. The van der Waals surface area contributed by atoms with Gasteiger partial charge in [0.2, 0.25) is 0 Å². The molecule has 1 amide bonds. The first-order valence-corrected chi connectivity index (χ1v) is 7.18. The van der Waals surface area contributed by atoms with Crippen LogP contribution < -0.4 is 0 Å². The van der Waals surface area contributed by atoms with Gasteiger partial charge in [0, 0.05) is 37.1 Å². The molecule has 0 saturated carbocycles. The summed E-state index contributed by atoms with van der Waals surface area (Å²) in [6, 6.07) is 10.9. The van der Waals surface area contributed by atoms with Gasteiger partial charge in [0.05, 0.1) is 0 Å². The predicted molar refractivity (Wildman–Crippen MR) is 84.5 cm³/mol. The van der Waals surface area contributed by atoms with Gasteiger partial charge in [-0.05, 0) is 42.8 Å². The number of benzene rings is 1. The van der Waals surface area contributed by atoms with Crippen LogP contribution in [0.4, 0.5) is 0 Å². The normalized spacial score (nSPS) is 10.5. The van der Waals surface area contributed by atoms with E-state index >= 15 is 0 Å². The summed E-state index contributed by atoms with van der Waals surface area (Å²) in [6.07, 6.45) is 3.47. The largest absolute Gasteiger partial charge is 0.337 e. The number of amides is 1. The smallest absolute Gasteiger partial charge is 0.257 e. The summed E-state index contributed by atoms with van der Waals surface area (Å²) in [4.78, 5) is 22.3. The van der Waals surface area contributed by atoms with Gasteiger partial charge in [-0.25, -0.2) is 0 Å². The highest BCUT2D eigenvalue weighted by atomic mass is 16.5. The van der Waals surface area contributed by atoms with Crippen LogP contribution in [0.1, 0.15) is 21.7 Å². The van der Waals surface area contributed by atoms with Crippen molar-refractivity contribution in [2.75, 3.05) is 7.05 Å². The summed E-state index contributed by atoms with van der Waals surface area (Å²) in [5.74, 6) is 0.976. The minimum absolute atomic E-state index is 0.0536. The monoisotopic (exact) mass is 308 g/mol. The van der Waals surface area contributed by atoms with Crippen molar-refractivity contribution in [3.63, 3.8) is 0 Å². The van der Waals surface area contributed by atoms with E-state index in [0.717, 1.165) is 11.1 Å². The van der Waals surface area contributed by atoms with E-state index in [9.17, 15) is 4.79 Å². The molecule has 0 radical (unpaired) electrons. The number of aryl methyl sites for hydroxylation is 1. The average molecular weight is 308 g/mol. The third-order valence-corrected chi connectivity index (χ3v) is 3.40. The van der Waals surface area contributed by atoms with E-state index < -0.39 is 0 Å². The molecule has 2 heterocycles. The molecule has 6 nitrogen and oxygen atoms in total. The Labute approximate surface area is 133 Å². The van der Waals surface area contributed by atoms with Crippen LogP contribution in [0.3, 0.4) is 0 Å². The lowest BCUT2D eigenvalue weighted by atomic mass is 10.1. The van der Waals surface area contributed by atoms with Gasteiger partial charge in [0.25, 0.3) is 11.8 Å². The molecule has 0 fully saturated rings. The molecule has 0 aliphatic carbocycles. The Morgan fingerprint density at radius 2 is 2.00 bits per heavy atom. The van der Waals surface area contributed by atoms with Gasteiger partial charge in [0.1, 0.15) is 0 Å². The van der Waals surface area contributed by atoms with Gasteiger partial charge in [0.15, 0.2) is 5.82 Å². The molecule has 0 bridgehead atoms. The SMILES string of the molecule is Cc1noc(-c2ccc(C(=O)N(C)Cc3cccnc3)cc2)n1. The molecule has 1 aromatic carbocycles. The lowest BCUT2D eigenvalue weighted by Crippen LogP contribution is -2.26. The Balaban J connectivity index is 1.72. The lowest BCUT2D eigenvalue weighted by molar-refractivity contribution is 0.0785. The zero-order valence-electron chi connectivity index (χ0n) is 12.9. The number of pyridine rings is 1. The van der Waals surface area contributed by atoms with Crippen molar-refractivity contribution < 1.29 is 9.32 Å². The number of hydrogen-bond acceptors (Lipinski definition) is 5. The van der Waals surface area contributed by atoms with E-state index in [2.05, 4.69) is 15.1 Å². The molecule has 0 aliphatic heterocycles. The second-order valence-corrected chi connectivity index (χ2v) is 5.25.